The molecule has 0 aliphatic rings. The standard InChI is InChI=1S/C17H23N2O4PS/c1-3-22-24(20,23-4-2)13-14-7-9-15(10-8-14)19-17(25)18-12-16-6-5-11-21-16/h5-11H,3-4,12-13H2,1-2H3,(H2,18,19,25). The average molecular weight is 382 g/mol. The molecule has 2 rings (SSSR count). The maximum absolute atomic E-state index is 12.5. The first-order valence-electron chi connectivity index (χ1n) is 8.09. The van der Waals surface area contributed by atoms with E-state index in [0.717, 1.165) is 17.0 Å². The fourth-order valence-electron chi connectivity index (χ4n) is 2.19. The average Bonchev–Trinajstić information content (AvgIpc) is 3.09. The van der Waals surface area contributed by atoms with Crippen LogP contribution >= 0.6 is 19.8 Å². The summed E-state index contributed by atoms with van der Waals surface area (Å²) in [6.07, 6.45) is 1.87. The van der Waals surface area contributed by atoms with Crippen LogP contribution < -0.4 is 10.6 Å². The second-order valence-electron chi connectivity index (χ2n) is 5.19. The summed E-state index contributed by atoms with van der Waals surface area (Å²) in [6, 6.07) is 11.2. The van der Waals surface area contributed by atoms with Gasteiger partial charge in [0.25, 0.3) is 0 Å². The van der Waals surface area contributed by atoms with Crippen LogP contribution in [0, 0.1) is 0 Å². The SMILES string of the molecule is CCOP(=O)(Cc1ccc(NC(=S)NCc2ccco2)cc1)OCC. The van der Waals surface area contributed by atoms with Gasteiger partial charge in [0.05, 0.1) is 32.2 Å². The Bertz CT molecular complexity index is 694. The Balaban J connectivity index is 1.88. The summed E-state index contributed by atoms with van der Waals surface area (Å²) < 4.78 is 28.4. The molecule has 25 heavy (non-hydrogen) atoms. The van der Waals surface area contributed by atoms with E-state index in [4.69, 9.17) is 25.7 Å². The van der Waals surface area contributed by atoms with Crippen LogP contribution in [0.5, 0.6) is 0 Å². The third kappa shape index (κ3) is 6.63. The van der Waals surface area contributed by atoms with E-state index in [2.05, 4.69) is 10.6 Å². The lowest BCUT2D eigenvalue weighted by molar-refractivity contribution is 0.219. The predicted molar refractivity (Wildman–Crippen MR) is 103 cm³/mol. The zero-order valence-electron chi connectivity index (χ0n) is 14.4. The van der Waals surface area contributed by atoms with Gasteiger partial charge in [0.1, 0.15) is 5.76 Å². The fraction of sp³-hybridized carbons (Fsp3) is 0.353. The van der Waals surface area contributed by atoms with Gasteiger partial charge in [-0.2, -0.15) is 0 Å². The number of furan rings is 1. The molecule has 136 valence electrons. The molecule has 0 atom stereocenters. The minimum Gasteiger partial charge on any atom is -0.467 e. The van der Waals surface area contributed by atoms with E-state index >= 15 is 0 Å². The first-order valence-corrected chi connectivity index (χ1v) is 10.2. The first kappa shape index (κ1) is 19.7. The van der Waals surface area contributed by atoms with Crippen molar-refractivity contribution in [2.45, 2.75) is 26.6 Å². The van der Waals surface area contributed by atoms with Crippen molar-refractivity contribution in [2.75, 3.05) is 18.5 Å². The summed E-state index contributed by atoms with van der Waals surface area (Å²) in [6.45, 7) is 4.83. The van der Waals surface area contributed by atoms with Crippen molar-refractivity contribution in [3.05, 3.63) is 54.0 Å². The van der Waals surface area contributed by atoms with E-state index in [-0.39, 0.29) is 6.16 Å². The minimum atomic E-state index is -3.09. The van der Waals surface area contributed by atoms with E-state index in [9.17, 15) is 4.57 Å². The highest BCUT2D eigenvalue weighted by Crippen LogP contribution is 2.51. The molecule has 0 aliphatic carbocycles. The third-order valence-corrected chi connectivity index (χ3v) is 5.54. The van der Waals surface area contributed by atoms with E-state index < -0.39 is 7.60 Å². The molecule has 0 amide bonds. The second-order valence-corrected chi connectivity index (χ2v) is 7.65. The van der Waals surface area contributed by atoms with Gasteiger partial charge in [-0.05, 0) is 55.9 Å². The van der Waals surface area contributed by atoms with Crippen LogP contribution in [0.25, 0.3) is 0 Å². The third-order valence-electron chi connectivity index (χ3n) is 3.24. The number of anilines is 1. The van der Waals surface area contributed by atoms with Gasteiger partial charge in [0.15, 0.2) is 5.11 Å². The maximum atomic E-state index is 12.5. The molecule has 2 aromatic rings. The van der Waals surface area contributed by atoms with Crippen LogP contribution in [0.4, 0.5) is 5.69 Å². The van der Waals surface area contributed by atoms with Gasteiger partial charge in [-0.1, -0.05) is 12.1 Å². The summed E-state index contributed by atoms with van der Waals surface area (Å²) in [5, 5.41) is 6.65. The zero-order valence-corrected chi connectivity index (χ0v) is 16.1. The Kier molecular flexibility index (Phi) is 7.65. The molecule has 0 radical (unpaired) electrons. The normalized spacial score (nSPS) is 11.3. The van der Waals surface area contributed by atoms with Crippen molar-refractivity contribution in [3.8, 4) is 0 Å². The molecule has 6 nitrogen and oxygen atoms in total. The molecule has 0 saturated heterocycles. The van der Waals surface area contributed by atoms with Crippen LogP contribution in [0.3, 0.4) is 0 Å². The van der Waals surface area contributed by atoms with Crippen molar-refractivity contribution < 1.29 is 18.0 Å². The Morgan fingerprint density at radius 2 is 1.84 bits per heavy atom. The quantitative estimate of drug-likeness (QED) is 0.487. The lowest BCUT2D eigenvalue weighted by atomic mass is 10.2. The van der Waals surface area contributed by atoms with Crippen LogP contribution in [-0.4, -0.2) is 18.3 Å². The number of rotatable bonds is 9. The summed E-state index contributed by atoms with van der Waals surface area (Å²) in [7, 11) is -3.09. The summed E-state index contributed by atoms with van der Waals surface area (Å²) in [5.74, 6) is 0.807. The summed E-state index contributed by atoms with van der Waals surface area (Å²) in [4.78, 5) is 0. The smallest absolute Gasteiger partial charge is 0.335 e. The monoisotopic (exact) mass is 382 g/mol. The van der Waals surface area contributed by atoms with Gasteiger partial charge in [-0.25, -0.2) is 0 Å². The predicted octanol–water partition coefficient (Wildman–Crippen LogP) is 4.53. The van der Waals surface area contributed by atoms with Gasteiger partial charge < -0.3 is 24.1 Å². The molecule has 0 aliphatic heterocycles. The second kappa shape index (κ2) is 9.73. The van der Waals surface area contributed by atoms with Gasteiger partial charge in [-0.15, -0.1) is 0 Å². The van der Waals surface area contributed by atoms with Gasteiger partial charge in [0.2, 0.25) is 0 Å². The van der Waals surface area contributed by atoms with Crippen LogP contribution in [0.15, 0.2) is 47.1 Å². The molecule has 2 N–H and O–H groups in total. The number of hydrogen-bond acceptors (Lipinski definition) is 5. The Morgan fingerprint density at radius 3 is 2.40 bits per heavy atom. The summed E-state index contributed by atoms with van der Waals surface area (Å²) in [5.41, 5.74) is 1.72. The summed E-state index contributed by atoms with van der Waals surface area (Å²) >= 11 is 5.25. The number of benzene rings is 1. The van der Waals surface area contributed by atoms with Gasteiger partial charge in [-0.3, -0.25) is 4.57 Å². The topological polar surface area (TPSA) is 72.7 Å². The number of thiocarbonyl (C=S) groups is 1. The van der Waals surface area contributed by atoms with E-state index in [1.165, 1.54) is 0 Å². The molecule has 1 heterocycles. The Hall–Kier alpha value is -1.66. The van der Waals surface area contributed by atoms with E-state index in [0.29, 0.717) is 24.9 Å². The van der Waals surface area contributed by atoms with Crippen LogP contribution in [0.2, 0.25) is 0 Å². The molecule has 0 spiro atoms. The van der Waals surface area contributed by atoms with Crippen molar-refractivity contribution in [1.82, 2.24) is 5.32 Å². The molecule has 1 aromatic heterocycles. The van der Waals surface area contributed by atoms with E-state index in [1.54, 1.807) is 20.1 Å². The lowest BCUT2D eigenvalue weighted by Gasteiger charge is -2.17. The maximum Gasteiger partial charge on any atom is 0.335 e. The van der Waals surface area contributed by atoms with Crippen molar-refractivity contribution in [3.63, 3.8) is 0 Å². The first-order chi connectivity index (χ1) is 12.0. The highest BCUT2D eigenvalue weighted by molar-refractivity contribution is 7.80. The molecule has 0 bridgehead atoms. The van der Waals surface area contributed by atoms with E-state index in [1.807, 2.05) is 36.4 Å². The minimum absolute atomic E-state index is 0.246. The van der Waals surface area contributed by atoms with Crippen molar-refractivity contribution >= 4 is 30.6 Å². The molecular formula is C17H23N2O4PS. The molecular weight excluding hydrogens is 359 g/mol. The van der Waals surface area contributed by atoms with Crippen molar-refractivity contribution in [2.24, 2.45) is 0 Å². The molecule has 0 saturated carbocycles. The fourth-order valence-corrected chi connectivity index (χ4v) is 4.09. The largest absolute Gasteiger partial charge is 0.467 e. The van der Waals surface area contributed by atoms with Crippen LogP contribution in [-0.2, 0) is 26.3 Å². The van der Waals surface area contributed by atoms with Gasteiger partial charge in [0, 0.05) is 5.69 Å². The molecule has 1 aromatic carbocycles. The number of hydrogen-bond donors (Lipinski definition) is 2. The van der Waals surface area contributed by atoms with Crippen LogP contribution in [0.1, 0.15) is 25.2 Å². The Labute approximate surface area is 153 Å². The molecule has 8 heteroatoms. The number of nitrogens with one attached hydrogen (secondary N) is 2. The highest BCUT2D eigenvalue weighted by Gasteiger charge is 2.23. The van der Waals surface area contributed by atoms with Crippen molar-refractivity contribution in [1.29, 1.82) is 0 Å². The highest BCUT2D eigenvalue weighted by atomic mass is 32.1. The lowest BCUT2D eigenvalue weighted by Crippen LogP contribution is -2.27. The molecule has 0 unspecified atom stereocenters. The molecule has 0 fully saturated rings. The zero-order chi connectivity index (χ0) is 18.1. The Morgan fingerprint density at radius 1 is 1.16 bits per heavy atom. The van der Waals surface area contributed by atoms with Gasteiger partial charge >= 0.3 is 7.60 Å².